The second-order valence-electron chi connectivity index (χ2n) is 4.17. The van der Waals surface area contributed by atoms with E-state index in [9.17, 15) is 4.79 Å². The first-order valence-electron chi connectivity index (χ1n) is 5.42. The summed E-state index contributed by atoms with van der Waals surface area (Å²) < 4.78 is 0. The van der Waals surface area contributed by atoms with Crippen LogP contribution < -0.4 is 10.6 Å². The van der Waals surface area contributed by atoms with Gasteiger partial charge < -0.3 is 5.32 Å². The van der Waals surface area contributed by atoms with Crippen LogP contribution in [-0.4, -0.2) is 19.0 Å². The van der Waals surface area contributed by atoms with Crippen LogP contribution in [0, 0.1) is 0 Å². The van der Waals surface area contributed by atoms with Gasteiger partial charge in [0.2, 0.25) is 5.91 Å². The van der Waals surface area contributed by atoms with Crippen LogP contribution in [0.4, 0.5) is 0 Å². The normalized spacial score (nSPS) is 26.0. The quantitative estimate of drug-likeness (QED) is 0.782. The summed E-state index contributed by atoms with van der Waals surface area (Å²) in [5, 5.41) is 6.88. The van der Waals surface area contributed by atoms with E-state index in [4.69, 9.17) is 11.6 Å². The fraction of sp³-hybridized carbons (Fsp3) is 0.417. The maximum Gasteiger partial charge on any atom is 0.244 e. The predicted molar refractivity (Wildman–Crippen MR) is 64.4 cm³/mol. The van der Waals surface area contributed by atoms with E-state index in [2.05, 4.69) is 10.6 Å². The van der Waals surface area contributed by atoms with E-state index >= 15 is 0 Å². The fourth-order valence-corrected chi connectivity index (χ4v) is 2.03. The van der Waals surface area contributed by atoms with Crippen molar-refractivity contribution < 1.29 is 4.79 Å². The number of hydrogen-bond acceptors (Lipinski definition) is 2. The number of carbonyl (C=O) groups excluding carboxylic acids is 1. The summed E-state index contributed by atoms with van der Waals surface area (Å²) >= 11 is 5.84. The van der Waals surface area contributed by atoms with Gasteiger partial charge in [0.05, 0.1) is 0 Å². The molecule has 1 aromatic rings. The molecule has 0 saturated carbocycles. The van der Waals surface area contributed by atoms with Crippen LogP contribution in [0.1, 0.15) is 18.9 Å². The number of benzene rings is 1. The lowest BCUT2D eigenvalue weighted by Gasteiger charge is -2.27. The van der Waals surface area contributed by atoms with E-state index in [1.807, 2.05) is 31.2 Å². The lowest BCUT2D eigenvalue weighted by Crippen LogP contribution is -2.49. The third-order valence-corrected chi connectivity index (χ3v) is 3.25. The largest absolute Gasteiger partial charge is 0.354 e. The summed E-state index contributed by atoms with van der Waals surface area (Å²) in [6, 6.07) is 7.39. The molecular formula is C12H15ClN2O. The van der Waals surface area contributed by atoms with Crippen LogP contribution in [0.25, 0.3) is 0 Å². The zero-order valence-corrected chi connectivity index (χ0v) is 9.97. The van der Waals surface area contributed by atoms with Gasteiger partial charge in [-0.1, -0.05) is 23.7 Å². The highest BCUT2D eigenvalue weighted by atomic mass is 35.5. The second kappa shape index (κ2) is 4.44. The smallest absolute Gasteiger partial charge is 0.244 e. The Morgan fingerprint density at radius 1 is 1.25 bits per heavy atom. The van der Waals surface area contributed by atoms with Crippen LogP contribution in [0.5, 0.6) is 0 Å². The van der Waals surface area contributed by atoms with Gasteiger partial charge in [0.15, 0.2) is 0 Å². The van der Waals surface area contributed by atoms with E-state index in [1.54, 1.807) is 0 Å². The van der Waals surface area contributed by atoms with Crippen molar-refractivity contribution in [1.29, 1.82) is 0 Å². The highest BCUT2D eigenvalue weighted by Gasteiger charge is 2.35. The maximum atomic E-state index is 12.0. The van der Waals surface area contributed by atoms with Crippen LogP contribution in [0.15, 0.2) is 24.3 Å². The van der Waals surface area contributed by atoms with E-state index < -0.39 is 5.54 Å². The molecule has 1 atom stereocenters. The molecule has 1 aliphatic heterocycles. The molecule has 2 N–H and O–H groups in total. The highest BCUT2D eigenvalue weighted by Crippen LogP contribution is 2.23. The molecule has 1 aliphatic rings. The molecule has 1 unspecified atom stereocenters. The minimum Gasteiger partial charge on any atom is -0.354 e. The minimum absolute atomic E-state index is 0.0207. The molecule has 0 bridgehead atoms. The minimum atomic E-state index is -0.652. The van der Waals surface area contributed by atoms with Crippen LogP contribution in [0.3, 0.4) is 0 Å². The molecule has 4 heteroatoms. The zero-order valence-electron chi connectivity index (χ0n) is 9.22. The van der Waals surface area contributed by atoms with Gasteiger partial charge in [-0.2, -0.15) is 0 Å². The number of carbonyl (C=O) groups is 1. The molecule has 1 amide bonds. The molecule has 16 heavy (non-hydrogen) atoms. The summed E-state index contributed by atoms with van der Waals surface area (Å²) in [4.78, 5) is 12.0. The Balaban J connectivity index is 2.34. The molecule has 0 radical (unpaired) electrons. The van der Waals surface area contributed by atoms with Gasteiger partial charge in [-0.25, -0.2) is 0 Å². The third-order valence-electron chi connectivity index (χ3n) is 2.99. The van der Waals surface area contributed by atoms with Gasteiger partial charge >= 0.3 is 0 Å². The molecule has 1 aromatic carbocycles. The van der Waals surface area contributed by atoms with Gasteiger partial charge in [-0.3, -0.25) is 10.1 Å². The standard InChI is InChI=1S/C12H15ClN2O/c1-12(9-3-5-10(13)6-4-9)11(16)14-7-2-8-15-12/h3-6,15H,2,7-8H2,1H3,(H,14,16). The topological polar surface area (TPSA) is 41.1 Å². The Bertz CT molecular complexity index is 391. The van der Waals surface area contributed by atoms with Crippen molar-refractivity contribution in [3.63, 3.8) is 0 Å². The van der Waals surface area contributed by atoms with Crippen molar-refractivity contribution >= 4 is 17.5 Å². The van der Waals surface area contributed by atoms with E-state index in [1.165, 1.54) is 0 Å². The van der Waals surface area contributed by atoms with Crippen molar-refractivity contribution in [1.82, 2.24) is 10.6 Å². The monoisotopic (exact) mass is 238 g/mol. The first kappa shape index (κ1) is 11.4. The summed E-state index contributed by atoms with van der Waals surface area (Å²) in [5.74, 6) is 0.0207. The highest BCUT2D eigenvalue weighted by molar-refractivity contribution is 6.30. The molecule has 0 spiro atoms. The second-order valence-corrected chi connectivity index (χ2v) is 4.60. The number of halogens is 1. The first-order chi connectivity index (χ1) is 7.63. The SMILES string of the molecule is CC1(c2ccc(Cl)cc2)NCCCNC1=O. The molecule has 2 rings (SSSR count). The van der Waals surface area contributed by atoms with E-state index in [0.29, 0.717) is 5.02 Å². The van der Waals surface area contributed by atoms with Crippen molar-refractivity contribution in [3.05, 3.63) is 34.9 Å². The van der Waals surface area contributed by atoms with E-state index in [0.717, 1.165) is 25.1 Å². The van der Waals surface area contributed by atoms with Crippen molar-refractivity contribution in [2.75, 3.05) is 13.1 Å². The Hall–Kier alpha value is -1.06. The van der Waals surface area contributed by atoms with E-state index in [-0.39, 0.29) is 5.91 Å². The maximum absolute atomic E-state index is 12.0. The fourth-order valence-electron chi connectivity index (χ4n) is 1.90. The lowest BCUT2D eigenvalue weighted by atomic mass is 9.91. The molecule has 1 saturated heterocycles. The predicted octanol–water partition coefficient (Wildman–Crippen LogP) is 1.66. The summed E-state index contributed by atoms with van der Waals surface area (Å²) in [6.07, 6.45) is 0.953. The summed E-state index contributed by atoms with van der Waals surface area (Å²) in [5.41, 5.74) is 0.289. The Morgan fingerprint density at radius 2 is 1.94 bits per heavy atom. The summed E-state index contributed by atoms with van der Waals surface area (Å²) in [7, 11) is 0. The van der Waals surface area contributed by atoms with Crippen LogP contribution in [0.2, 0.25) is 5.02 Å². The average molecular weight is 239 g/mol. The lowest BCUT2D eigenvalue weighted by molar-refractivity contribution is -0.126. The molecule has 86 valence electrons. The van der Waals surface area contributed by atoms with Gasteiger partial charge in [-0.05, 0) is 37.6 Å². The van der Waals surface area contributed by atoms with Gasteiger partial charge in [0.1, 0.15) is 5.54 Å². The Kier molecular flexibility index (Phi) is 3.17. The number of rotatable bonds is 1. The van der Waals surface area contributed by atoms with Gasteiger partial charge in [0.25, 0.3) is 0 Å². The number of nitrogens with one attached hydrogen (secondary N) is 2. The Labute approximate surface area is 100 Å². The number of hydrogen-bond donors (Lipinski definition) is 2. The van der Waals surface area contributed by atoms with Crippen LogP contribution in [-0.2, 0) is 10.3 Å². The molecule has 0 aliphatic carbocycles. The van der Waals surface area contributed by atoms with Gasteiger partial charge in [-0.15, -0.1) is 0 Å². The van der Waals surface area contributed by atoms with Crippen molar-refractivity contribution in [2.24, 2.45) is 0 Å². The number of amides is 1. The molecular weight excluding hydrogens is 224 g/mol. The molecule has 0 aromatic heterocycles. The van der Waals surface area contributed by atoms with Crippen LogP contribution >= 0.6 is 11.6 Å². The molecule has 1 fully saturated rings. The van der Waals surface area contributed by atoms with Crippen molar-refractivity contribution in [3.8, 4) is 0 Å². The van der Waals surface area contributed by atoms with Gasteiger partial charge in [0, 0.05) is 11.6 Å². The summed E-state index contributed by atoms with van der Waals surface area (Å²) in [6.45, 7) is 3.46. The molecule has 1 heterocycles. The third kappa shape index (κ3) is 2.06. The molecule has 3 nitrogen and oxygen atoms in total. The average Bonchev–Trinajstić information content (AvgIpc) is 2.44. The zero-order chi connectivity index (χ0) is 11.6. The van der Waals surface area contributed by atoms with Crippen molar-refractivity contribution in [2.45, 2.75) is 18.9 Å². The Morgan fingerprint density at radius 3 is 2.62 bits per heavy atom. The first-order valence-corrected chi connectivity index (χ1v) is 5.80.